The van der Waals surface area contributed by atoms with Gasteiger partial charge in [-0.3, -0.25) is 0 Å². The van der Waals surface area contributed by atoms with Crippen LogP contribution >= 0.6 is 0 Å². The number of unbranched alkanes of at least 4 members (excludes halogenated alkanes) is 4. The SMILES string of the molecule is Cc1cc(CCCCOCCCCCCNC[C@H](O)c2ccc3c(c2)COC(C)(C)O3)cc(NC(N)=O)c1. The minimum atomic E-state index is -0.609. The number of hydrogen-bond acceptors (Lipinski definition) is 6. The van der Waals surface area contributed by atoms with Crippen molar-refractivity contribution in [2.45, 2.75) is 84.2 Å². The number of urea groups is 1. The average Bonchev–Trinajstić information content (AvgIpc) is 2.85. The highest BCUT2D eigenvalue weighted by Gasteiger charge is 2.27. The van der Waals surface area contributed by atoms with Gasteiger partial charge in [0.2, 0.25) is 5.79 Å². The molecule has 0 aromatic heterocycles. The Morgan fingerprint density at radius 3 is 2.63 bits per heavy atom. The van der Waals surface area contributed by atoms with Crippen LogP contribution in [0.2, 0.25) is 0 Å². The lowest BCUT2D eigenvalue weighted by molar-refractivity contribution is -0.180. The largest absolute Gasteiger partial charge is 0.463 e. The van der Waals surface area contributed by atoms with Crippen LogP contribution in [0.25, 0.3) is 0 Å². The van der Waals surface area contributed by atoms with Crippen molar-refractivity contribution in [2.75, 3.05) is 31.6 Å². The summed E-state index contributed by atoms with van der Waals surface area (Å²) in [7, 11) is 0. The second-order valence-corrected chi connectivity index (χ2v) is 10.6. The molecule has 1 aliphatic rings. The molecule has 210 valence electrons. The van der Waals surface area contributed by atoms with Gasteiger partial charge in [-0.25, -0.2) is 4.79 Å². The minimum Gasteiger partial charge on any atom is -0.463 e. The lowest BCUT2D eigenvalue weighted by atomic mass is 10.0. The fourth-order valence-electron chi connectivity index (χ4n) is 4.59. The van der Waals surface area contributed by atoms with Gasteiger partial charge in [-0.2, -0.15) is 0 Å². The summed E-state index contributed by atoms with van der Waals surface area (Å²) in [5.41, 5.74) is 10.1. The van der Waals surface area contributed by atoms with Crippen molar-refractivity contribution in [3.8, 4) is 5.75 Å². The first-order chi connectivity index (χ1) is 18.2. The third-order valence-electron chi connectivity index (χ3n) is 6.54. The van der Waals surface area contributed by atoms with E-state index in [0.717, 1.165) is 92.8 Å². The van der Waals surface area contributed by atoms with E-state index in [1.165, 1.54) is 5.56 Å². The summed E-state index contributed by atoms with van der Waals surface area (Å²) in [5, 5.41) is 16.5. The van der Waals surface area contributed by atoms with Gasteiger partial charge in [-0.15, -0.1) is 0 Å². The van der Waals surface area contributed by atoms with E-state index in [4.69, 9.17) is 19.9 Å². The number of fused-ring (bicyclic) bond motifs is 1. The minimum absolute atomic E-state index is 0.492. The molecule has 2 amide bonds. The maximum atomic E-state index is 11.1. The van der Waals surface area contributed by atoms with E-state index in [2.05, 4.69) is 16.7 Å². The van der Waals surface area contributed by atoms with Crippen molar-refractivity contribution >= 4 is 11.7 Å². The molecule has 0 bridgehead atoms. The average molecular weight is 528 g/mol. The lowest BCUT2D eigenvalue weighted by Gasteiger charge is -2.33. The van der Waals surface area contributed by atoms with Crippen LogP contribution in [0, 0.1) is 6.92 Å². The molecular weight excluding hydrogens is 482 g/mol. The van der Waals surface area contributed by atoms with Gasteiger partial charge in [-0.1, -0.05) is 25.0 Å². The highest BCUT2D eigenvalue weighted by atomic mass is 16.7. The number of rotatable bonds is 16. The van der Waals surface area contributed by atoms with Gasteiger partial charge in [0.25, 0.3) is 0 Å². The number of hydrogen-bond donors (Lipinski definition) is 4. The van der Waals surface area contributed by atoms with Crippen molar-refractivity contribution in [1.82, 2.24) is 5.32 Å². The molecule has 8 nitrogen and oxygen atoms in total. The molecule has 38 heavy (non-hydrogen) atoms. The Hall–Kier alpha value is -2.65. The molecule has 1 atom stereocenters. The molecule has 0 aliphatic carbocycles. The zero-order valence-electron chi connectivity index (χ0n) is 23.2. The third-order valence-corrected chi connectivity index (χ3v) is 6.54. The monoisotopic (exact) mass is 527 g/mol. The van der Waals surface area contributed by atoms with E-state index in [-0.39, 0.29) is 0 Å². The molecule has 0 saturated heterocycles. The molecule has 0 saturated carbocycles. The maximum Gasteiger partial charge on any atom is 0.316 e. The van der Waals surface area contributed by atoms with Gasteiger partial charge in [0.05, 0.1) is 12.7 Å². The Morgan fingerprint density at radius 2 is 1.84 bits per heavy atom. The fraction of sp³-hybridized carbons (Fsp3) is 0.567. The van der Waals surface area contributed by atoms with Crippen LogP contribution in [0.5, 0.6) is 5.75 Å². The van der Waals surface area contributed by atoms with Crippen molar-refractivity contribution in [1.29, 1.82) is 0 Å². The van der Waals surface area contributed by atoms with E-state index >= 15 is 0 Å². The highest BCUT2D eigenvalue weighted by molar-refractivity contribution is 5.87. The number of carbonyl (C=O) groups is 1. The molecule has 0 spiro atoms. The van der Waals surface area contributed by atoms with Crippen molar-refractivity contribution in [2.24, 2.45) is 5.73 Å². The molecule has 8 heteroatoms. The molecule has 0 radical (unpaired) electrons. The predicted molar refractivity (Wildman–Crippen MR) is 150 cm³/mol. The van der Waals surface area contributed by atoms with Crippen LogP contribution in [0.15, 0.2) is 36.4 Å². The molecule has 0 fully saturated rings. The van der Waals surface area contributed by atoms with Crippen LogP contribution in [0.1, 0.15) is 80.7 Å². The second kappa shape index (κ2) is 15.1. The van der Waals surface area contributed by atoms with Gasteiger partial charge in [-0.05, 0) is 86.5 Å². The Morgan fingerprint density at radius 1 is 1.08 bits per heavy atom. The molecule has 5 N–H and O–H groups in total. The predicted octanol–water partition coefficient (Wildman–Crippen LogP) is 5.35. The number of primary amides is 1. The van der Waals surface area contributed by atoms with Crippen LogP contribution < -0.4 is 21.1 Å². The van der Waals surface area contributed by atoms with Crippen molar-refractivity contribution in [3.63, 3.8) is 0 Å². The highest BCUT2D eigenvalue weighted by Crippen LogP contribution is 2.32. The molecule has 2 aromatic carbocycles. The van der Waals surface area contributed by atoms with Crippen LogP contribution in [-0.4, -0.2) is 43.2 Å². The smallest absolute Gasteiger partial charge is 0.316 e. The van der Waals surface area contributed by atoms with Gasteiger partial charge in [0, 0.05) is 44.9 Å². The number of nitrogens with one attached hydrogen (secondary N) is 2. The third kappa shape index (κ3) is 10.6. The molecule has 0 unspecified atom stereocenters. The summed E-state index contributed by atoms with van der Waals surface area (Å²) in [4.78, 5) is 11.1. The van der Waals surface area contributed by atoms with Gasteiger partial charge < -0.3 is 35.7 Å². The summed E-state index contributed by atoms with van der Waals surface area (Å²) in [6, 6.07) is 11.3. The molecule has 3 rings (SSSR count). The van der Waals surface area contributed by atoms with E-state index in [0.29, 0.717) is 13.2 Å². The standard InChI is InChI=1S/C30H45N3O5/c1-22-16-23(18-26(17-22)33-29(31)35)10-6-9-15-36-14-8-5-4-7-13-32-20-27(34)24-11-12-28-25(19-24)21-37-30(2,3)38-28/h11-12,16-19,27,32,34H,4-10,13-15,20-21H2,1-3H3,(H3,31,33,35)/t27-/m0/s1. The number of amides is 2. The van der Waals surface area contributed by atoms with Crippen molar-refractivity contribution in [3.05, 3.63) is 58.7 Å². The number of aryl methyl sites for hydroxylation is 2. The molecule has 2 aromatic rings. The Bertz CT molecular complexity index is 1030. The molecule has 1 heterocycles. The Labute approximate surface area is 227 Å². The number of aliphatic hydroxyl groups excluding tert-OH is 1. The first-order valence-corrected chi connectivity index (χ1v) is 13.8. The number of benzene rings is 2. The van der Waals surface area contributed by atoms with Crippen LogP contribution in [-0.2, 0) is 22.5 Å². The van der Waals surface area contributed by atoms with E-state index in [1.807, 2.05) is 51.1 Å². The molecule has 1 aliphatic heterocycles. The van der Waals surface area contributed by atoms with E-state index in [1.54, 1.807) is 0 Å². The Kier molecular flexibility index (Phi) is 11.9. The first kappa shape index (κ1) is 29.9. The van der Waals surface area contributed by atoms with Gasteiger partial charge in [0.15, 0.2) is 0 Å². The number of carbonyl (C=O) groups excluding carboxylic acids is 1. The van der Waals surface area contributed by atoms with E-state index in [9.17, 15) is 9.90 Å². The first-order valence-electron chi connectivity index (χ1n) is 13.8. The second-order valence-electron chi connectivity index (χ2n) is 10.6. The Balaban J connectivity index is 1.16. The summed E-state index contributed by atoms with van der Waals surface area (Å²) < 4.78 is 17.3. The quantitative estimate of drug-likeness (QED) is 0.219. The zero-order valence-corrected chi connectivity index (χ0v) is 23.2. The topological polar surface area (TPSA) is 115 Å². The number of anilines is 1. The summed E-state index contributed by atoms with van der Waals surface area (Å²) in [6.07, 6.45) is 6.89. The fourth-order valence-corrected chi connectivity index (χ4v) is 4.59. The zero-order chi connectivity index (χ0) is 27.4. The maximum absolute atomic E-state index is 11.1. The van der Waals surface area contributed by atoms with Crippen molar-refractivity contribution < 1.29 is 24.1 Å². The van der Waals surface area contributed by atoms with Gasteiger partial charge >= 0.3 is 6.03 Å². The number of nitrogens with two attached hydrogens (primary N) is 1. The summed E-state index contributed by atoms with van der Waals surface area (Å²) in [6.45, 7) is 9.29. The number of aliphatic hydroxyl groups is 1. The molecular formula is C30H45N3O5. The van der Waals surface area contributed by atoms with Crippen LogP contribution in [0.4, 0.5) is 10.5 Å². The summed E-state index contributed by atoms with van der Waals surface area (Å²) in [5.74, 6) is 0.216. The van der Waals surface area contributed by atoms with Crippen LogP contribution in [0.3, 0.4) is 0 Å². The van der Waals surface area contributed by atoms with E-state index < -0.39 is 17.9 Å². The lowest BCUT2D eigenvalue weighted by Crippen LogP contribution is -2.35. The van der Waals surface area contributed by atoms with Gasteiger partial charge in [0.1, 0.15) is 5.75 Å². The number of ether oxygens (including phenoxy) is 3. The summed E-state index contributed by atoms with van der Waals surface area (Å²) >= 11 is 0. The normalized spacial score (nSPS) is 14.9.